The molecular formula is C22H26N4O2. The molecule has 0 aliphatic heterocycles. The van der Waals surface area contributed by atoms with Crippen LogP contribution in [0.1, 0.15) is 61.7 Å². The molecule has 28 heavy (non-hydrogen) atoms. The van der Waals surface area contributed by atoms with Gasteiger partial charge < -0.3 is 5.11 Å². The lowest BCUT2D eigenvalue weighted by Crippen LogP contribution is -2.14. The van der Waals surface area contributed by atoms with Gasteiger partial charge in [-0.05, 0) is 24.1 Å². The zero-order chi connectivity index (χ0) is 20.3. The van der Waals surface area contributed by atoms with E-state index in [1.807, 2.05) is 22.9 Å². The quantitative estimate of drug-likeness (QED) is 0.690. The molecule has 0 saturated heterocycles. The average molecular weight is 378 g/mol. The van der Waals surface area contributed by atoms with E-state index in [0.717, 1.165) is 30.2 Å². The SMILES string of the molecule is CCCn1nc(C(C)(C)C)nc1Cc1ccc(-c2ccccc2C(=O)O)nc1. The highest BCUT2D eigenvalue weighted by molar-refractivity contribution is 5.95. The summed E-state index contributed by atoms with van der Waals surface area (Å²) in [7, 11) is 0. The van der Waals surface area contributed by atoms with Gasteiger partial charge in [0.1, 0.15) is 5.82 Å². The van der Waals surface area contributed by atoms with Crippen LogP contribution in [-0.4, -0.2) is 30.8 Å². The minimum Gasteiger partial charge on any atom is -0.478 e. The van der Waals surface area contributed by atoms with Crippen molar-refractivity contribution in [3.63, 3.8) is 0 Å². The van der Waals surface area contributed by atoms with Crippen LogP contribution in [0.5, 0.6) is 0 Å². The summed E-state index contributed by atoms with van der Waals surface area (Å²) in [5, 5.41) is 14.1. The number of carbonyl (C=O) groups is 1. The molecule has 0 amide bonds. The molecule has 1 aromatic carbocycles. The third kappa shape index (κ3) is 4.27. The van der Waals surface area contributed by atoms with Gasteiger partial charge in [0.15, 0.2) is 5.82 Å². The Morgan fingerprint density at radius 2 is 1.89 bits per heavy atom. The molecule has 0 aliphatic carbocycles. The van der Waals surface area contributed by atoms with Crippen LogP contribution in [0.4, 0.5) is 0 Å². The predicted octanol–water partition coefficient (Wildman–Crippen LogP) is 4.34. The number of hydrogen-bond donors (Lipinski definition) is 1. The third-order valence-electron chi connectivity index (χ3n) is 4.47. The summed E-state index contributed by atoms with van der Waals surface area (Å²) in [4.78, 5) is 20.7. The van der Waals surface area contributed by atoms with Crippen LogP contribution in [-0.2, 0) is 18.4 Å². The zero-order valence-corrected chi connectivity index (χ0v) is 16.8. The van der Waals surface area contributed by atoms with Gasteiger partial charge in [-0.25, -0.2) is 14.5 Å². The van der Waals surface area contributed by atoms with Crippen molar-refractivity contribution in [1.82, 2.24) is 19.7 Å². The van der Waals surface area contributed by atoms with Gasteiger partial charge in [-0.2, -0.15) is 5.10 Å². The molecule has 0 fully saturated rings. The second-order valence-corrected chi connectivity index (χ2v) is 7.90. The Balaban J connectivity index is 1.88. The van der Waals surface area contributed by atoms with Crippen molar-refractivity contribution in [3.05, 3.63) is 65.4 Å². The van der Waals surface area contributed by atoms with Crippen LogP contribution < -0.4 is 0 Å². The van der Waals surface area contributed by atoms with Gasteiger partial charge in [0.2, 0.25) is 0 Å². The third-order valence-corrected chi connectivity index (χ3v) is 4.47. The first-order valence-electron chi connectivity index (χ1n) is 9.51. The van der Waals surface area contributed by atoms with E-state index in [1.165, 1.54) is 0 Å². The maximum atomic E-state index is 11.4. The number of carboxylic acid groups (broad SMARTS) is 1. The number of rotatable bonds is 6. The number of aromatic carboxylic acids is 1. The minimum atomic E-state index is -0.955. The number of carboxylic acids is 1. The second kappa shape index (κ2) is 7.92. The molecule has 0 spiro atoms. The summed E-state index contributed by atoms with van der Waals surface area (Å²) in [6.07, 6.45) is 3.41. The molecule has 1 N–H and O–H groups in total. The lowest BCUT2D eigenvalue weighted by molar-refractivity contribution is 0.0697. The summed E-state index contributed by atoms with van der Waals surface area (Å²) in [5.41, 5.74) is 2.43. The van der Waals surface area contributed by atoms with E-state index in [0.29, 0.717) is 17.7 Å². The molecule has 0 unspecified atom stereocenters. The number of aromatic nitrogens is 4. The van der Waals surface area contributed by atoms with Gasteiger partial charge in [0.05, 0.1) is 11.3 Å². The van der Waals surface area contributed by atoms with E-state index in [1.54, 1.807) is 24.4 Å². The molecule has 6 nitrogen and oxygen atoms in total. The summed E-state index contributed by atoms with van der Waals surface area (Å²) < 4.78 is 1.98. The van der Waals surface area contributed by atoms with Crippen LogP contribution in [0.2, 0.25) is 0 Å². The molecule has 0 saturated carbocycles. The van der Waals surface area contributed by atoms with Gasteiger partial charge >= 0.3 is 5.97 Å². The van der Waals surface area contributed by atoms with E-state index < -0.39 is 5.97 Å². The first kappa shape index (κ1) is 19.7. The van der Waals surface area contributed by atoms with Crippen molar-refractivity contribution in [2.24, 2.45) is 0 Å². The summed E-state index contributed by atoms with van der Waals surface area (Å²) in [5.74, 6) is 0.812. The van der Waals surface area contributed by atoms with Crippen LogP contribution in [0.25, 0.3) is 11.3 Å². The lowest BCUT2D eigenvalue weighted by atomic mass is 9.96. The second-order valence-electron chi connectivity index (χ2n) is 7.90. The standard InChI is InChI=1S/C22H26N4O2/c1-5-12-26-19(24-21(25-26)22(2,3)4)13-15-10-11-18(23-14-15)16-8-6-7-9-17(16)20(27)28/h6-11,14H,5,12-13H2,1-4H3,(H,27,28). The molecule has 3 rings (SSSR count). The smallest absolute Gasteiger partial charge is 0.336 e. The Hall–Kier alpha value is -3.02. The normalized spacial score (nSPS) is 11.6. The van der Waals surface area contributed by atoms with Gasteiger partial charge in [-0.15, -0.1) is 0 Å². The van der Waals surface area contributed by atoms with E-state index in [-0.39, 0.29) is 11.0 Å². The van der Waals surface area contributed by atoms with Crippen molar-refractivity contribution in [1.29, 1.82) is 0 Å². The fourth-order valence-electron chi connectivity index (χ4n) is 2.98. The molecule has 146 valence electrons. The zero-order valence-electron chi connectivity index (χ0n) is 16.8. The Labute approximate surface area is 165 Å². The molecule has 0 atom stereocenters. The van der Waals surface area contributed by atoms with Crippen molar-refractivity contribution in [2.45, 2.75) is 52.5 Å². The monoisotopic (exact) mass is 378 g/mol. The van der Waals surface area contributed by atoms with Crippen LogP contribution in [0, 0.1) is 0 Å². The van der Waals surface area contributed by atoms with Gasteiger partial charge in [0, 0.05) is 30.1 Å². The van der Waals surface area contributed by atoms with Crippen LogP contribution in [0.3, 0.4) is 0 Å². The molecule has 0 aliphatic rings. The van der Waals surface area contributed by atoms with Crippen LogP contribution >= 0.6 is 0 Å². The van der Waals surface area contributed by atoms with Gasteiger partial charge in [-0.3, -0.25) is 4.98 Å². The number of pyridine rings is 1. The van der Waals surface area contributed by atoms with Crippen LogP contribution in [0.15, 0.2) is 42.6 Å². The summed E-state index contributed by atoms with van der Waals surface area (Å²) in [6, 6.07) is 10.7. The van der Waals surface area contributed by atoms with E-state index in [4.69, 9.17) is 4.98 Å². The predicted molar refractivity (Wildman–Crippen MR) is 108 cm³/mol. The average Bonchev–Trinajstić information content (AvgIpc) is 3.06. The highest BCUT2D eigenvalue weighted by Gasteiger charge is 2.22. The Kier molecular flexibility index (Phi) is 5.58. The molecule has 0 bridgehead atoms. The van der Waals surface area contributed by atoms with Gasteiger partial charge in [-0.1, -0.05) is 52.0 Å². The Bertz CT molecular complexity index is 969. The fraction of sp³-hybridized carbons (Fsp3) is 0.364. The number of aryl methyl sites for hydroxylation is 1. The van der Waals surface area contributed by atoms with E-state index >= 15 is 0 Å². The van der Waals surface area contributed by atoms with Crippen molar-refractivity contribution >= 4 is 5.97 Å². The van der Waals surface area contributed by atoms with E-state index in [9.17, 15) is 9.90 Å². The fourth-order valence-corrected chi connectivity index (χ4v) is 2.98. The maximum Gasteiger partial charge on any atom is 0.336 e. The molecule has 3 aromatic rings. The number of hydrogen-bond acceptors (Lipinski definition) is 4. The number of benzene rings is 1. The van der Waals surface area contributed by atoms with E-state index in [2.05, 4.69) is 37.8 Å². The molecular weight excluding hydrogens is 352 g/mol. The summed E-state index contributed by atoms with van der Waals surface area (Å²) >= 11 is 0. The Morgan fingerprint density at radius 3 is 2.50 bits per heavy atom. The van der Waals surface area contributed by atoms with Gasteiger partial charge in [0.25, 0.3) is 0 Å². The molecule has 0 radical (unpaired) electrons. The first-order chi connectivity index (χ1) is 13.3. The topological polar surface area (TPSA) is 80.9 Å². The minimum absolute atomic E-state index is 0.101. The molecule has 6 heteroatoms. The molecule has 2 heterocycles. The summed E-state index contributed by atoms with van der Waals surface area (Å²) in [6.45, 7) is 9.28. The Morgan fingerprint density at radius 1 is 1.14 bits per heavy atom. The lowest BCUT2D eigenvalue weighted by Gasteiger charge is -2.12. The van der Waals surface area contributed by atoms with Crippen molar-refractivity contribution in [2.75, 3.05) is 0 Å². The highest BCUT2D eigenvalue weighted by atomic mass is 16.4. The number of nitrogens with zero attached hydrogens (tertiary/aromatic N) is 4. The van der Waals surface area contributed by atoms with Crippen molar-refractivity contribution in [3.8, 4) is 11.3 Å². The van der Waals surface area contributed by atoms with Crippen molar-refractivity contribution < 1.29 is 9.90 Å². The maximum absolute atomic E-state index is 11.4. The molecule has 2 aromatic heterocycles. The first-order valence-corrected chi connectivity index (χ1v) is 9.51. The largest absolute Gasteiger partial charge is 0.478 e. The highest BCUT2D eigenvalue weighted by Crippen LogP contribution is 2.23.